The zero-order chi connectivity index (χ0) is 17.8. The molecule has 0 spiro atoms. The largest absolute Gasteiger partial charge is 0.481 e. The van der Waals surface area contributed by atoms with Crippen LogP contribution in [0.15, 0.2) is 24.3 Å². The van der Waals surface area contributed by atoms with Crippen molar-refractivity contribution < 1.29 is 14.7 Å². The quantitative estimate of drug-likeness (QED) is 0.820. The summed E-state index contributed by atoms with van der Waals surface area (Å²) in [6.45, 7) is 3.84. The van der Waals surface area contributed by atoms with Gasteiger partial charge in [-0.2, -0.15) is 0 Å². The predicted molar refractivity (Wildman–Crippen MR) is 94.7 cm³/mol. The zero-order valence-electron chi connectivity index (χ0n) is 13.9. The molecule has 1 unspecified atom stereocenters. The van der Waals surface area contributed by atoms with Gasteiger partial charge in [0.25, 0.3) is 5.91 Å². The second-order valence-corrected chi connectivity index (χ2v) is 7.13. The van der Waals surface area contributed by atoms with Gasteiger partial charge in [-0.05, 0) is 37.1 Å². The van der Waals surface area contributed by atoms with E-state index in [0.29, 0.717) is 24.5 Å². The maximum Gasteiger partial charge on any atom is 0.307 e. The number of hydrogen-bond donors (Lipinski definition) is 2. The highest BCUT2D eigenvalue weighted by molar-refractivity contribution is 7.13. The maximum atomic E-state index is 12.3. The number of benzene rings is 1. The highest BCUT2D eigenvalue weighted by Gasteiger charge is 2.28. The van der Waals surface area contributed by atoms with Crippen LogP contribution in [0.1, 0.15) is 33.7 Å². The molecule has 1 amide bonds. The van der Waals surface area contributed by atoms with Crippen molar-refractivity contribution in [3.63, 3.8) is 0 Å². The predicted octanol–water partition coefficient (Wildman–Crippen LogP) is 2.26. The number of anilines is 1. The number of likely N-dealkylation sites (tertiary alicyclic amines) is 1. The minimum absolute atomic E-state index is 0.280. The number of carboxylic acids is 1. The third kappa shape index (κ3) is 4.40. The lowest BCUT2D eigenvalue weighted by atomic mass is 10.1. The molecule has 0 aliphatic carbocycles. The molecule has 0 saturated carbocycles. The summed E-state index contributed by atoms with van der Waals surface area (Å²) in [5.41, 5.74) is 1.93. The first kappa shape index (κ1) is 17.5. The molecule has 8 heteroatoms. The number of hydrogen-bond acceptors (Lipinski definition) is 6. The average molecular weight is 360 g/mol. The van der Waals surface area contributed by atoms with Crippen LogP contribution in [0.3, 0.4) is 0 Å². The molecule has 1 aromatic heterocycles. The molecule has 2 aromatic rings. The molecule has 1 saturated heterocycles. The number of nitrogens with zero attached hydrogens (tertiary/aromatic N) is 3. The van der Waals surface area contributed by atoms with Crippen LogP contribution in [-0.4, -0.2) is 45.2 Å². The fraction of sp³-hybridized carbons (Fsp3) is 0.412. The van der Waals surface area contributed by atoms with Crippen LogP contribution in [0.25, 0.3) is 0 Å². The molecule has 3 rings (SSSR count). The van der Waals surface area contributed by atoms with Gasteiger partial charge in [-0.15, -0.1) is 10.2 Å². The summed E-state index contributed by atoms with van der Waals surface area (Å²) in [7, 11) is 0. The molecule has 1 fully saturated rings. The van der Waals surface area contributed by atoms with E-state index >= 15 is 0 Å². The first-order valence-electron chi connectivity index (χ1n) is 8.23. The van der Waals surface area contributed by atoms with Gasteiger partial charge in [0.15, 0.2) is 0 Å². The molecule has 132 valence electrons. The van der Waals surface area contributed by atoms with Gasteiger partial charge >= 0.3 is 5.97 Å². The van der Waals surface area contributed by atoms with Crippen molar-refractivity contribution in [3.05, 3.63) is 39.8 Å². The van der Waals surface area contributed by atoms with Crippen LogP contribution in [0.4, 0.5) is 5.69 Å². The SMILES string of the molecule is CCc1ccc(NC(=O)c2nnc(CN3CCC(C(=O)O)C3)s2)cc1. The zero-order valence-corrected chi connectivity index (χ0v) is 14.8. The minimum atomic E-state index is -0.756. The average Bonchev–Trinajstić information content (AvgIpc) is 3.26. The summed E-state index contributed by atoms with van der Waals surface area (Å²) in [6, 6.07) is 7.70. The first-order chi connectivity index (χ1) is 12.0. The monoisotopic (exact) mass is 360 g/mol. The number of rotatable bonds is 6. The van der Waals surface area contributed by atoms with Crippen LogP contribution in [-0.2, 0) is 17.8 Å². The van der Waals surface area contributed by atoms with Gasteiger partial charge < -0.3 is 10.4 Å². The van der Waals surface area contributed by atoms with Crippen LogP contribution in [0, 0.1) is 5.92 Å². The topological polar surface area (TPSA) is 95.4 Å². The molecule has 1 aliphatic heterocycles. The molecule has 0 bridgehead atoms. The Hall–Kier alpha value is -2.32. The number of amides is 1. The van der Waals surface area contributed by atoms with Crippen molar-refractivity contribution in [3.8, 4) is 0 Å². The Morgan fingerprint density at radius 2 is 2.08 bits per heavy atom. The Morgan fingerprint density at radius 3 is 2.72 bits per heavy atom. The molecule has 7 nitrogen and oxygen atoms in total. The van der Waals surface area contributed by atoms with E-state index in [1.54, 1.807) is 0 Å². The number of aliphatic carboxylic acids is 1. The highest BCUT2D eigenvalue weighted by atomic mass is 32.1. The molecular formula is C17H20N4O3S. The van der Waals surface area contributed by atoms with E-state index in [1.165, 1.54) is 16.9 Å². The van der Waals surface area contributed by atoms with E-state index in [0.717, 1.165) is 23.7 Å². The Morgan fingerprint density at radius 1 is 1.32 bits per heavy atom. The van der Waals surface area contributed by atoms with Crippen molar-refractivity contribution >= 4 is 28.9 Å². The van der Waals surface area contributed by atoms with Gasteiger partial charge in [-0.25, -0.2) is 0 Å². The Kier molecular flexibility index (Phi) is 5.40. The van der Waals surface area contributed by atoms with Crippen LogP contribution >= 0.6 is 11.3 Å². The van der Waals surface area contributed by atoms with Crippen molar-refractivity contribution in [2.75, 3.05) is 18.4 Å². The summed E-state index contributed by atoms with van der Waals surface area (Å²) in [6.07, 6.45) is 1.60. The van der Waals surface area contributed by atoms with Gasteiger partial charge in [0.05, 0.1) is 12.5 Å². The van der Waals surface area contributed by atoms with Crippen molar-refractivity contribution in [2.45, 2.75) is 26.3 Å². The summed E-state index contributed by atoms with van der Waals surface area (Å²) in [5, 5.41) is 20.9. The Labute approximate surface area is 149 Å². The lowest BCUT2D eigenvalue weighted by Crippen LogP contribution is -2.22. The standard InChI is InChI=1S/C17H20N4O3S/c1-2-11-3-5-13(6-4-11)18-15(22)16-20-19-14(25-16)10-21-8-7-12(9-21)17(23)24/h3-6,12H,2,7-10H2,1H3,(H,18,22)(H,23,24). The Balaban J connectivity index is 1.57. The third-order valence-corrected chi connectivity index (χ3v) is 5.17. The van der Waals surface area contributed by atoms with E-state index in [-0.39, 0.29) is 11.8 Å². The van der Waals surface area contributed by atoms with Crippen LogP contribution < -0.4 is 5.32 Å². The molecule has 25 heavy (non-hydrogen) atoms. The second-order valence-electron chi connectivity index (χ2n) is 6.06. The Bertz CT molecular complexity index is 760. The number of nitrogens with one attached hydrogen (secondary N) is 1. The van der Waals surface area contributed by atoms with E-state index < -0.39 is 5.97 Å². The van der Waals surface area contributed by atoms with Crippen LogP contribution in [0.2, 0.25) is 0 Å². The number of carbonyl (C=O) groups is 2. The lowest BCUT2D eigenvalue weighted by molar-refractivity contribution is -0.141. The normalized spacial score (nSPS) is 17.6. The molecule has 2 N–H and O–H groups in total. The van der Waals surface area contributed by atoms with Crippen molar-refractivity contribution in [2.24, 2.45) is 5.92 Å². The van der Waals surface area contributed by atoms with Crippen molar-refractivity contribution in [1.82, 2.24) is 15.1 Å². The number of carboxylic acid groups (broad SMARTS) is 1. The van der Waals surface area contributed by atoms with E-state index in [4.69, 9.17) is 5.11 Å². The number of carbonyl (C=O) groups excluding carboxylic acids is 1. The van der Waals surface area contributed by atoms with Gasteiger partial charge in [-0.1, -0.05) is 30.4 Å². The molecular weight excluding hydrogens is 340 g/mol. The van der Waals surface area contributed by atoms with Gasteiger partial charge in [-0.3, -0.25) is 14.5 Å². The van der Waals surface area contributed by atoms with Gasteiger partial charge in [0.1, 0.15) is 5.01 Å². The lowest BCUT2D eigenvalue weighted by Gasteiger charge is -2.12. The van der Waals surface area contributed by atoms with E-state index in [1.807, 2.05) is 29.2 Å². The summed E-state index contributed by atoms with van der Waals surface area (Å²) < 4.78 is 0. The van der Waals surface area contributed by atoms with Gasteiger partial charge in [0.2, 0.25) is 5.01 Å². The second kappa shape index (κ2) is 7.71. The number of aryl methyl sites for hydroxylation is 1. The smallest absolute Gasteiger partial charge is 0.307 e. The fourth-order valence-corrected chi connectivity index (χ4v) is 3.56. The molecule has 2 heterocycles. The maximum absolute atomic E-state index is 12.3. The summed E-state index contributed by atoms with van der Waals surface area (Å²) in [4.78, 5) is 25.3. The molecule has 1 atom stereocenters. The highest BCUT2D eigenvalue weighted by Crippen LogP contribution is 2.21. The molecule has 1 aromatic carbocycles. The molecule has 0 radical (unpaired) electrons. The first-order valence-corrected chi connectivity index (χ1v) is 9.04. The fourth-order valence-electron chi connectivity index (χ4n) is 2.79. The summed E-state index contributed by atoms with van der Waals surface area (Å²) in [5.74, 6) is -1.35. The minimum Gasteiger partial charge on any atom is -0.481 e. The van der Waals surface area contributed by atoms with E-state index in [2.05, 4.69) is 22.4 Å². The molecule has 1 aliphatic rings. The van der Waals surface area contributed by atoms with Crippen molar-refractivity contribution in [1.29, 1.82) is 0 Å². The number of aromatic nitrogens is 2. The van der Waals surface area contributed by atoms with Gasteiger partial charge in [0, 0.05) is 12.2 Å². The van der Waals surface area contributed by atoms with E-state index in [9.17, 15) is 9.59 Å². The third-order valence-electron chi connectivity index (χ3n) is 4.26. The summed E-state index contributed by atoms with van der Waals surface area (Å²) >= 11 is 1.24. The van der Waals surface area contributed by atoms with Crippen LogP contribution in [0.5, 0.6) is 0 Å².